The van der Waals surface area contributed by atoms with Crippen molar-refractivity contribution in [1.29, 1.82) is 0 Å². The maximum atomic E-state index is 12.0. The van der Waals surface area contributed by atoms with E-state index >= 15 is 0 Å². The molecule has 0 atom stereocenters. The Labute approximate surface area is 152 Å². The Morgan fingerprint density at radius 2 is 1.60 bits per heavy atom. The fourth-order valence-electron chi connectivity index (χ4n) is 1.80. The number of carbonyl (C=O) groups excluding carboxylic acids is 2. The number of amides is 2. The molecule has 0 aliphatic heterocycles. The van der Waals surface area contributed by atoms with E-state index in [1.807, 2.05) is 20.8 Å². The molecule has 2 rings (SSSR count). The van der Waals surface area contributed by atoms with Gasteiger partial charge in [-0.25, -0.2) is 5.43 Å². The van der Waals surface area contributed by atoms with Crippen molar-refractivity contribution in [2.75, 3.05) is 5.32 Å². The molecule has 0 aliphatic carbocycles. The Kier molecular flexibility index (Phi) is 5.93. The fourth-order valence-corrected chi connectivity index (χ4v) is 1.93. The van der Waals surface area contributed by atoms with Crippen molar-refractivity contribution in [2.45, 2.75) is 20.8 Å². The van der Waals surface area contributed by atoms with Gasteiger partial charge in [0.15, 0.2) is 0 Å². The highest BCUT2D eigenvalue weighted by Gasteiger charge is 2.21. The summed E-state index contributed by atoms with van der Waals surface area (Å²) in [5.41, 5.74) is 3.89. The number of anilines is 1. The lowest BCUT2D eigenvalue weighted by Gasteiger charge is -2.17. The minimum atomic E-state index is -0.480. The number of nitrogens with zero attached hydrogens (tertiary/aromatic N) is 1. The molecule has 2 amide bonds. The van der Waals surface area contributed by atoms with Gasteiger partial charge in [-0.3, -0.25) is 9.59 Å². The predicted octanol–water partition coefficient (Wildman–Crippen LogP) is 4.09. The number of nitrogens with one attached hydrogen (secondary N) is 2. The van der Waals surface area contributed by atoms with Gasteiger partial charge in [0, 0.05) is 21.7 Å². The van der Waals surface area contributed by atoms with Crippen LogP contribution in [0.15, 0.2) is 53.6 Å². The molecule has 2 aromatic rings. The summed E-state index contributed by atoms with van der Waals surface area (Å²) in [5.74, 6) is -0.420. The lowest BCUT2D eigenvalue weighted by Crippen LogP contribution is -2.27. The molecule has 5 nitrogen and oxygen atoms in total. The van der Waals surface area contributed by atoms with Gasteiger partial charge in [0.05, 0.1) is 6.21 Å². The van der Waals surface area contributed by atoms with Crippen molar-refractivity contribution in [1.82, 2.24) is 5.43 Å². The van der Waals surface area contributed by atoms with Gasteiger partial charge in [-0.05, 0) is 42.0 Å². The lowest BCUT2D eigenvalue weighted by atomic mass is 9.95. The number of rotatable bonds is 4. The summed E-state index contributed by atoms with van der Waals surface area (Å²) in [4.78, 5) is 24.0. The number of hydrazone groups is 1. The average Bonchev–Trinajstić information content (AvgIpc) is 2.56. The molecule has 2 aromatic carbocycles. The summed E-state index contributed by atoms with van der Waals surface area (Å²) in [5, 5.41) is 7.36. The molecule has 6 heteroatoms. The molecule has 0 bridgehead atoms. The zero-order valence-electron chi connectivity index (χ0n) is 14.3. The zero-order chi connectivity index (χ0) is 18.4. The standard InChI is InChI=1S/C19H20ClN3O2/c1-19(2,3)18(25)22-16-10-6-14(7-11-16)17(24)23-21-12-13-4-8-15(20)9-5-13/h4-12H,1-3H3,(H,22,25)(H,23,24)/b21-12+. The second kappa shape index (κ2) is 7.94. The number of carbonyl (C=O) groups is 2. The monoisotopic (exact) mass is 357 g/mol. The number of halogens is 1. The Morgan fingerprint density at radius 3 is 2.16 bits per heavy atom. The Balaban J connectivity index is 1.94. The van der Waals surface area contributed by atoms with Crippen LogP contribution in [0.5, 0.6) is 0 Å². The first-order chi connectivity index (χ1) is 11.8. The third kappa shape index (κ3) is 5.72. The third-order valence-electron chi connectivity index (χ3n) is 3.34. The fraction of sp³-hybridized carbons (Fsp3) is 0.211. The molecule has 25 heavy (non-hydrogen) atoms. The van der Waals surface area contributed by atoms with Crippen LogP contribution in [-0.2, 0) is 4.79 Å². The maximum Gasteiger partial charge on any atom is 0.271 e. The van der Waals surface area contributed by atoms with E-state index in [1.54, 1.807) is 48.5 Å². The van der Waals surface area contributed by atoms with Crippen molar-refractivity contribution in [2.24, 2.45) is 10.5 Å². The molecule has 0 spiro atoms. The third-order valence-corrected chi connectivity index (χ3v) is 3.59. The summed E-state index contributed by atoms with van der Waals surface area (Å²) in [6, 6.07) is 13.7. The van der Waals surface area contributed by atoms with Gasteiger partial charge >= 0.3 is 0 Å². The second-order valence-electron chi connectivity index (χ2n) is 6.53. The SMILES string of the molecule is CC(C)(C)C(=O)Nc1ccc(C(=O)N/N=C/c2ccc(Cl)cc2)cc1. The molecule has 0 aliphatic rings. The van der Waals surface area contributed by atoms with Crippen LogP contribution in [0.2, 0.25) is 5.02 Å². The van der Waals surface area contributed by atoms with Crippen LogP contribution in [0.1, 0.15) is 36.7 Å². The molecule has 0 saturated heterocycles. The highest BCUT2D eigenvalue weighted by molar-refractivity contribution is 6.30. The van der Waals surface area contributed by atoms with Crippen molar-refractivity contribution in [3.63, 3.8) is 0 Å². The van der Waals surface area contributed by atoms with Crippen molar-refractivity contribution >= 4 is 35.3 Å². The van der Waals surface area contributed by atoms with Gasteiger partial charge in [0.1, 0.15) is 0 Å². The summed E-state index contributed by atoms with van der Waals surface area (Å²) in [7, 11) is 0. The van der Waals surface area contributed by atoms with Crippen LogP contribution in [0, 0.1) is 5.41 Å². The van der Waals surface area contributed by atoms with Crippen molar-refractivity contribution in [3.05, 3.63) is 64.7 Å². The summed E-state index contributed by atoms with van der Waals surface area (Å²) < 4.78 is 0. The molecule has 0 radical (unpaired) electrons. The summed E-state index contributed by atoms with van der Waals surface area (Å²) in [6.45, 7) is 5.51. The van der Waals surface area contributed by atoms with Crippen LogP contribution >= 0.6 is 11.6 Å². The smallest absolute Gasteiger partial charge is 0.271 e. The van der Waals surface area contributed by atoms with E-state index in [0.717, 1.165) is 5.56 Å². The number of benzene rings is 2. The molecule has 0 heterocycles. The highest BCUT2D eigenvalue weighted by Crippen LogP contribution is 2.17. The van der Waals surface area contributed by atoms with Crippen LogP contribution in [-0.4, -0.2) is 18.0 Å². The summed E-state index contributed by atoms with van der Waals surface area (Å²) >= 11 is 5.80. The van der Waals surface area contributed by atoms with Gasteiger partial charge in [-0.15, -0.1) is 0 Å². The maximum absolute atomic E-state index is 12.0. The van der Waals surface area contributed by atoms with E-state index in [1.165, 1.54) is 6.21 Å². The second-order valence-corrected chi connectivity index (χ2v) is 6.97. The quantitative estimate of drug-likeness (QED) is 0.639. The van der Waals surface area contributed by atoms with E-state index in [-0.39, 0.29) is 11.8 Å². The molecule has 2 N–H and O–H groups in total. The van der Waals surface area contributed by atoms with Crippen LogP contribution in [0.4, 0.5) is 5.69 Å². The van der Waals surface area contributed by atoms with E-state index in [9.17, 15) is 9.59 Å². The molecule has 0 fully saturated rings. The van der Waals surface area contributed by atoms with Gasteiger partial charge < -0.3 is 5.32 Å². The van der Waals surface area contributed by atoms with Gasteiger partial charge in [-0.1, -0.05) is 44.5 Å². The first-order valence-corrected chi connectivity index (χ1v) is 8.14. The normalized spacial score (nSPS) is 11.4. The predicted molar refractivity (Wildman–Crippen MR) is 101 cm³/mol. The largest absolute Gasteiger partial charge is 0.326 e. The van der Waals surface area contributed by atoms with Crippen LogP contribution in [0.25, 0.3) is 0 Å². The Morgan fingerprint density at radius 1 is 1.00 bits per heavy atom. The van der Waals surface area contributed by atoms with E-state index in [4.69, 9.17) is 11.6 Å². The van der Waals surface area contributed by atoms with Gasteiger partial charge in [-0.2, -0.15) is 5.10 Å². The molecule has 0 aromatic heterocycles. The minimum absolute atomic E-state index is 0.0859. The van der Waals surface area contributed by atoms with Gasteiger partial charge in [0.25, 0.3) is 5.91 Å². The molecular formula is C19H20ClN3O2. The van der Waals surface area contributed by atoms with E-state index in [2.05, 4.69) is 15.8 Å². The highest BCUT2D eigenvalue weighted by atomic mass is 35.5. The molecular weight excluding hydrogens is 338 g/mol. The lowest BCUT2D eigenvalue weighted by molar-refractivity contribution is -0.123. The number of hydrogen-bond donors (Lipinski definition) is 2. The van der Waals surface area contributed by atoms with Gasteiger partial charge in [0.2, 0.25) is 5.91 Å². The average molecular weight is 358 g/mol. The van der Waals surface area contributed by atoms with E-state index in [0.29, 0.717) is 16.3 Å². The van der Waals surface area contributed by atoms with Crippen molar-refractivity contribution in [3.8, 4) is 0 Å². The first-order valence-electron chi connectivity index (χ1n) is 7.76. The topological polar surface area (TPSA) is 70.6 Å². The Bertz CT molecular complexity index is 776. The first kappa shape index (κ1) is 18.7. The summed E-state index contributed by atoms with van der Waals surface area (Å²) in [6.07, 6.45) is 1.53. The Hall–Kier alpha value is -2.66. The molecule has 130 valence electrons. The molecule has 0 saturated carbocycles. The zero-order valence-corrected chi connectivity index (χ0v) is 15.1. The molecule has 0 unspecified atom stereocenters. The van der Waals surface area contributed by atoms with Crippen LogP contribution in [0.3, 0.4) is 0 Å². The van der Waals surface area contributed by atoms with Crippen molar-refractivity contribution < 1.29 is 9.59 Å². The minimum Gasteiger partial charge on any atom is -0.326 e. The number of hydrogen-bond acceptors (Lipinski definition) is 3. The van der Waals surface area contributed by atoms with Crippen LogP contribution < -0.4 is 10.7 Å². The van der Waals surface area contributed by atoms with E-state index < -0.39 is 5.41 Å².